The van der Waals surface area contributed by atoms with Crippen LogP contribution in [0.1, 0.15) is 85.0 Å². The fourth-order valence-electron chi connectivity index (χ4n) is 7.74. The van der Waals surface area contributed by atoms with E-state index in [1.165, 1.54) is 32.1 Å². The highest BCUT2D eigenvalue weighted by Crippen LogP contribution is 2.68. The van der Waals surface area contributed by atoms with Crippen molar-refractivity contribution in [2.45, 2.75) is 90.6 Å². The van der Waals surface area contributed by atoms with Gasteiger partial charge in [-0.3, -0.25) is 4.79 Å². The highest BCUT2D eigenvalue weighted by Gasteiger charge is 2.63. The molecule has 0 spiro atoms. The Morgan fingerprint density at radius 1 is 1.04 bits per heavy atom. The lowest BCUT2D eigenvalue weighted by atomic mass is 9.44. The van der Waals surface area contributed by atoms with Crippen molar-refractivity contribution < 1.29 is 9.90 Å². The van der Waals surface area contributed by atoms with Crippen LogP contribution in [0.5, 0.6) is 0 Å². The van der Waals surface area contributed by atoms with Gasteiger partial charge in [0.2, 0.25) is 0 Å². The van der Waals surface area contributed by atoms with Gasteiger partial charge < -0.3 is 5.11 Å². The molecule has 0 amide bonds. The monoisotopic (exact) mass is 318 g/mol. The molecule has 0 unspecified atom stereocenters. The van der Waals surface area contributed by atoms with Gasteiger partial charge in [-0.05, 0) is 85.9 Å². The fraction of sp³-hybridized carbons (Fsp3) is 0.952. The van der Waals surface area contributed by atoms with Crippen molar-refractivity contribution in [1.82, 2.24) is 0 Å². The van der Waals surface area contributed by atoms with Gasteiger partial charge in [0.25, 0.3) is 0 Å². The van der Waals surface area contributed by atoms with Crippen LogP contribution < -0.4 is 0 Å². The second-order valence-corrected chi connectivity index (χ2v) is 9.78. The number of carbonyl (C=O) groups excluding carboxylic acids is 1. The largest absolute Gasteiger partial charge is 0.389 e. The van der Waals surface area contributed by atoms with Gasteiger partial charge in [-0.1, -0.05) is 20.8 Å². The van der Waals surface area contributed by atoms with Gasteiger partial charge in [-0.15, -0.1) is 0 Å². The van der Waals surface area contributed by atoms with Gasteiger partial charge in [-0.2, -0.15) is 0 Å². The third kappa shape index (κ3) is 2.00. The fourth-order valence-corrected chi connectivity index (χ4v) is 7.74. The van der Waals surface area contributed by atoms with Crippen LogP contribution in [0.4, 0.5) is 0 Å². The molecule has 2 heteroatoms. The molecule has 4 aliphatic rings. The molecule has 4 rings (SSSR count). The van der Waals surface area contributed by atoms with Crippen LogP contribution in [-0.2, 0) is 4.79 Å². The zero-order chi connectivity index (χ0) is 16.5. The Morgan fingerprint density at radius 3 is 2.52 bits per heavy atom. The summed E-state index contributed by atoms with van der Waals surface area (Å²) in [5, 5.41) is 11.2. The minimum absolute atomic E-state index is 0.136. The van der Waals surface area contributed by atoms with E-state index in [1.54, 1.807) is 0 Å². The summed E-state index contributed by atoms with van der Waals surface area (Å²) in [6, 6.07) is 0. The average molecular weight is 319 g/mol. The molecule has 0 aromatic heterocycles. The molecular weight excluding hydrogens is 284 g/mol. The van der Waals surface area contributed by atoms with E-state index in [2.05, 4.69) is 20.8 Å². The van der Waals surface area contributed by atoms with Crippen LogP contribution in [0.3, 0.4) is 0 Å². The first-order valence-electron chi connectivity index (χ1n) is 10.1. The third-order valence-corrected chi connectivity index (χ3v) is 9.39. The number of Topliss-reactive ketones (excluding diaryl/α,β-unsaturated/α-hetero) is 1. The van der Waals surface area contributed by atoms with E-state index < -0.39 is 5.60 Å². The minimum Gasteiger partial charge on any atom is -0.389 e. The summed E-state index contributed by atoms with van der Waals surface area (Å²) < 4.78 is 0. The zero-order valence-electron chi connectivity index (χ0n) is 15.2. The van der Waals surface area contributed by atoms with E-state index in [4.69, 9.17) is 0 Å². The first-order chi connectivity index (χ1) is 10.8. The van der Waals surface area contributed by atoms with E-state index in [1.807, 2.05) is 0 Å². The van der Waals surface area contributed by atoms with Crippen LogP contribution in [-0.4, -0.2) is 16.5 Å². The van der Waals surface area contributed by atoms with E-state index in [0.29, 0.717) is 23.0 Å². The Kier molecular flexibility index (Phi) is 3.55. The molecule has 23 heavy (non-hydrogen) atoms. The Labute approximate surface area is 141 Å². The van der Waals surface area contributed by atoms with Gasteiger partial charge in [0, 0.05) is 12.8 Å². The topological polar surface area (TPSA) is 37.3 Å². The molecule has 7 atom stereocenters. The summed E-state index contributed by atoms with van der Waals surface area (Å²) >= 11 is 0. The summed E-state index contributed by atoms with van der Waals surface area (Å²) in [5.41, 5.74) is 0.102. The lowest BCUT2D eigenvalue weighted by molar-refractivity contribution is -0.157. The number of ketones is 1. The highest BCUT2D eigenvalue weighted by molar-refractivity contribution is 5.79. The Bertz CT molecular complexity index is 514. The summed E-state index contributed by atoms with van der Waals surface area (Å²) in [6.07, 6.45) is 11.0. The van der Waals surface area contributed by atoms with E-state index in [-0.39, 0.29) is 5.41 Å². The predicted molar refractivity (Wildman–Crippen MR) is 92.0 cm³/mol. The molecule has 0 heterocycles. The summed E-state index contributed by atoms with van der Waals surface area (Å²) in [5.74, 6) is 3.45. The Balaban J connectivity index is 1.64. The van der Waals surface area contributed by atoms with E-state index >= 15 is 0 Å². The molecule has 0 bridgehead atoms. The van der Waals surface area contributed by atoms with Gasteiger partial charge in [0.1, 0.15) is 5.78 Å². The lowest BCUT2D eigenvalue weighted by Crippen LogP contribution is -2.56. The summed E-state index contributed by atoms with van der Waals surface area (Å²) in [7, 11) is 0. The maximum atomic E-state index is 11.9. The number of carbonyl (C=O) groups is 1. The molecule has 4 saturated carbocycles. The summed E-state index contributed by atoms with van der Waals surface area (Å²) in [6.45, 7) is 7.07. The van der Waals surface area contributed by atoms with Gasteiger partial charge in [-0.25, -0.2) is 0 Å². The van der Waals surface area contributed by atoms with Gasteiger partial charge >= 0.3 is 0 Å². The first kappa shape index (κ1) is 16.1. The van der Waals surface area contributed by atoms with Crippen LogP contribution in [0.15, 0.2) is 0 Å². The number of hydrogen-bond acceptors (Lipinski definition) is 2. The number of rotatable bonds is 1. The number of aliphatic hydroxyl groups is 1. The van der Waals surface area contributed by atoms with Crippen molar-refractivity contribution in [3.63, 3.8) is 0 Å². The molecule has 4 aliphatic carbocycles. The van der Waals surface area contributed by atoms with Crippen molar-refractivity contribution in [2.75, 3.05) is 0 Å². The molecule has 0 aromatic rings. The predicted octanol–water partition coefficient (Wildman–Crippen LogP) is 4.74. The molecule has 0 radical (unpaired) electrons. The van der Waals surface area contributed by atoms with Crippen molar-refractivity contribution >= 4 is 5.78 Å². The van der Waals surface area contributed by atoms with Crippen LogP contribution in [0, 0.1) is 34.5 Å². The van der Waals surface area contributed by atoms with Crippen LogP contribution in [0.25, 0.3) is 0 Å². The van der Waals surface area contributed by atoms with Gasteiger partial charge in [0.05, 0.1) is 5.60 Å². The van der Waals surface area contributed by atoms with Gasteiger partial charge in [0.15, 0.2) is 0 Å². The Morgan fingerprint density at radius 2 is 1.78 bits per heavy atom. The molecule has 0 aliphatic heterocycles. The van der Waals surface area contributed by atoms with Crippen molar-refractivity contribution in [2.24, 2.45) is 34.5 Å². The maximum absolute atomic E-state index is 11.9. The normalized spacial score (nSPS) is 55.9. The Hall–Kier alpha value is -0.370. The molecule has 130 valence electrons. The molecule has 4 fully saturated rings. The number of fused-ring (bicyclic) bond motifs is 5. The van der Waals surface area contributed by atoms with E-state index in [9.17, 15) is 9.90 Å². The van der Waals surface area contributed by atoms with Crippen molar-refractivity contribution in [3.05, 3.63) is 0 Å². The number of hydrogen-bond donors (Lipinski definition) is 1. The third-order valence-electron chi connectivity index (χ3n) is 9.39. The quantitative estimate of drug-likeness (QED) is 0.758. The maximum Gasteiger partial charge on any atom is 0.133 e. The molecule has 0 saturated heterocycles. The van der Waals surface area contributed by atoms with Crippen LogP contribution >= 0.6 is 0 Å². The lowest BCUT2D eigenvalue weighted by Gasteiger charge is -2.61. The molecule has 2 nitrogen and oxygen atoms in total. The van der Waals surface area contributed by atoms with E-state index in [0.717, 1.165) is 43.9 Å². The average Bonchev–Trinajstić information content (AvgIpc) is 2.80. The molecule has 0 aromatic carbocycles. The molecule has 1 N–H and O–H groups in total. The highest BCUT2D eigenvalue weighted by atomic mass is 16.3. The SMILES string of the molecule is CC[C@]1(O)CC[C@H]2[C@@H]3CC[C@H]4CC(=O)CC[C@]4(C)[C@H]3CC[C@@]21C. The first-order valence-corrected chi connectivity index (χ1v) is 10.1. The smallest absolute Gasteiger partial charge is 0.133 e. The van der Waals surface area contributed by atoms with Crippen LogP contribution in [0.2, 0.25) is 0 Å². The van der Waals surface area contributed by atoms with Crippen molar-refractivity contribution in [3.8, 4) is 0 Å². The molecular formula is C21H34O2. The van der Waals surface area contributed by atoms with Crippen molar-refractivity contribution in [1.29, 1.82) is 0 Å². The minimum atomic E-state index is -0.428. The summed E-state index contributed by atoms with van der Waals surface area (Å²) in [4.78, 5) is 11.9. The standard InChI is InChI=1S/C21H34O2/c1-4-21(23)12-9-18-16-6-5-14-13-15(22)7-10-19(14,2)17(16)8-11-20(18,21)3/h14,16-18,23H,4-13H2,1-3H3/t14-,16+,17-,18-,19-,20-,21-/m0/s1. The second-order valence-electron chi connectivity index (χ2n) is 9.78. The second kappa shape index (κ2) is 5.07. The zero-order valence-corrected chi connectivity index (χ0v) is 15.2.